The van der Waals surface area contributed by atoms with E-state index in [0.717, 1.165) is 6.20 Å². The number of ether oxygens (including phenoxy) is 1. The van der Waals surface area contributed by atoms with Crippen molar-refractivity contribution in [2.45, 2.75) is 12.6 Å². The summed E-state index contributed by atoms with van der Waals surface area (Å²) in [6, 6.07) is 2.65. The van der Waals surface area contributed by atoms with Crippen molar-refractivity contribution < 1.29 is 22.8 Å². The smallest absolute Gasteiger partial charge is 0.401 e. The van der Waals surface area contributed by atoms with Gasteiger partial charge in [0, 0.05) is 24.6 Å². The summed E-state index contributed by atoms with van der Waals surface area (Å²) in [6.07, 6.45) is -2.47. The Morgan fingerprint density at radius 2 is 2.24 bits per heavy atom. The van der Waals surface area contributed by atoms with Crippen LogP contribution in [0.2, 0.25) is 0 Å². The molecule has 116 valence electrons. The first-order chi connectivity index (χ1) is 9.83. The zero-order chi connectivity index (χ0) is 15.5. The van der Waals surface area contributed by atoms with Gasteiger partial charge in [0.25, 0.3) is 5.69 Å². The lowest BCUT2D eigenvalue weighted by Crippen LogP contribution is -2.32. The summed E-state index contributed by atoms with van der Waals surface area (Å²) < 4.78 is 42.1. The van der Waals surface area contributed by atoms with Crippen LogP contribution in [-0.4, -0.2) is 47.2 Å². The topological polar surface area (TPSA) is 68.5 Å². The molecule has 0 spiro atoms. The van der Waals surface area contributed by atoms with Crippen molar-refractivity contribution in [1.82, 2.24) is 9.88 Å². The molecule has 0 bridgehead atoms. The highest BCUT2D eigenvalue weighted by Crippen LogP contribution is 2.23. The predicted octanol–water partition coefficient (Wildman–Crippen LogP) is 2.25. The van der Waals surface area contributed by atoms with Gasteiger partial charge in [-0.15, -0.1) is 0 Å². The molecule has 1 unspecified atom stereocenters. The lowest BCUT2D eigenvalue weighted by atomic mass is 10.1. The molecule has 2 heterocycles. The second-order valence-corrected chi connectivity index (χ2v) is 4.93. The molecule has 21 heavy (non-hydrogen) atoms. The van der Waals surface area contributed by atoms with Crippen LogP contribution in [0.25, 0.3) is 0 Å². The van der Waals surface area contributed by atoms with Crippen LogP contribution in [0.3, 0.4) is 0 Å². The van der Waals surface area contributed by atoms with Crippen LogP contribution < -0.4 is 4.74 Å². The van der Waals surface area contributed by atoms with Crippen LogP contribution in [0.5, 0.6) is 5.88 Å². The number of likely N-dealkylation sites (tertiary alicyclic amines) is 1. The molecule has 0 N–H and O–H groups in total. The van der Waals surface area contributed by atoms with E-state index in [1.54, 1.807) is 0 Å². The van der Waals surface area contributed by atoms with E-state index in [1.807, 2.05) is 0 Å². The molecular weight excluding hydrogens is 291 g/mol. The first-order valence-corrected chi connectivity index (χ1v) is 6.36. The third-order valence-corrected chi connectivity index (χ3v) is 3.17. The van der Waals surface area contributed by atoms with Gasteiger partial charge in [-0.3, -0.25) is 15.0 Å². The fourth-order valence-electron chi connectivity index (χ4n) is 2.22. The van der Waals surface area contributed by atoms with Crippen LogP contribution >= 0.6 is 0 Å². The molecular formula is C12H14F3N3O3. The second-order valence-electron chi connectivity index (χ2n) is 4.93. The van der Waals surface area contributed by atoms with E-state index in [0.29, 0.717) is 19.5 Å². The van der Waals surface area contributed by atoms with Gasteiger partial charge in [0.15, 0.2) is 0 Å². The minimum Gasteiger partial charge on any atom is -0.477 e. The van der Waals surface area contributed by atoms with E-state index in [2.05, 4.69) is 4.98 Å². The summed E-state index contributed by atoms with van der Waals surface area (Å²) in [5.74, 6) is 0.235. The average molecular weight is 305 g/mol. The number of hydrogen-bond acceptors (Lipinski definition) is 5. The number of alkyl halides is 3. The summed E-state index contributed by atoms with van der Waals surface area (Å²) in [7, 11) is 0. The lowest BCUT2D eigenvalue weighted by Gasteiger charge is -2.17. The van der Waals surface area contributed by atoms with Crippen molar-refractivity contribution in [2.24, 2.45) is 5.92 Å². The fraction of sp³-hybridized carbons (Fsp3) is 0.583. The third-order valence-electron chi connectivity index (χ3n) is 3.17. The van der Waals surface area contributed by atoms with Crippen molar-refractivity contribution in [1.29, 1.82) is 0 Å². The fourth-order valence-corrected chi connectivity index (χ4v) is 2.22. The van der Waals surface area contributed by atoms with E-state index in [-0.39, 0.29) is 24.1 Å². The number of halogens is 3. The minimum absolute atomic E-state index is 0.00402. The minimum atomic E-state index is -4.18. The molecule has 1 aliphatic heterocycles. The number of nitrogens with zero attached hydrogens (tertiary/aromatic N) is 3. The summed E-state index contributed by atoms with van der Waals surface area (Å²) in [4.78, 5) is 15.0. The Balaban J connectivity index is 1.78. The van der Waals surface area contributed by atoms with Crippen molar-refractivity contribution in [3.05, 3.63) is 28.4 Å². The van der Waals surface area contributed by atoms with Gasteiger partial charge >= 0.3 is 6.18 Å². The van der Waals surface area contributed by atoms with Crippen molar-refractivity contribution in [2.75, 3.05) is 26.2 Å². The lowest BCUT2D eigenvalue weighted by molar-refractivity contribution is -0.385. The Labute approximate surface area is 118 Å². The summed E-state index contributed by atoms with van der Waals surface area (Å²) in [6.45, 7) is 0.0617. The van der Waals surface area contributed by atoms with Crippen LogP contribution in [-0.2, 0) is 0 Å². The number of aromatic nitrogens is 1. The number of nitro groups is 1. The molecule has 1 aliphatic rings. The molecule has 1 atom stereocenters. The number of rotatable bonds is 5. The molecule has 1 aromatic rings. The molecule has 1 aromatic heterocycles. The van der Waals surface area contributed by atoms with Gasteiger partial charge in [0.2, 0.25) is 5.88 Å². The van der Waals surface area contributed by atoms with Gasteiger partial charge in [-0.2, -0.15) is 13.2 Å². The van der Waals surface area contributed by atoms with Crippen molar-refractivity contribution in [3.8, 4) is 5.88 Å². The molecule has 6 nitrogen and oxygen atoms in total. The normalized spacial score (nSPS) is 19.7. The summed E-state index contributed by atoms with van der Waals surface area (Å²) >= 11 is 0. The zero-order valence-corrected chi connectivity index (χ0v) is 11.0. The van der Waals surface area contributed by atoms with Crippen molar-refractivity contribution in [3.63, 3.8) is 0 Å². The SMILES string of the molecule is O=[N+]([O-])c1ccc(OCC2CCN(CC(F)(F)F)C2)nc1. The molecule has 0 aromatic carbocycles. The van der Waals surface area contributed by atoms with Crippen LogP contribution in [0.4, 0.5) is 18.9 Å². The monoisotopic (exact) mass is 305 g/mol. The van der Waals surface area contributed by atoms with Gasteiger partial charge in [0.05, 0.1) is 18.1 Å². The van der Waals surface area contributed by atoms with E-state index >= 15 is 0 Å². The average Bonchev–Trinajstić information content (AvgIpc) is 2.82. The highest BCUT2D eigenvalue weighted by molar-refractivity contribution is 5.28. The number of hydrogen-bond donors (Lipinski definition) is 0. The van der Waals surface area contributed by atoms with Crippen molar-refractivity contribution >= 4 is 5.69 Å². The quantitative estimate of drug-likeness (QED) is 0.616. The Hall–Kier alpha value is -1.90. The highest BCUT2D eigenvalue weighted by atomic mass is 19.4. The van der Waals surface area contributed by atoms with Gasteiger partial charge < -0.3 is 4.74 Å². The van der Waals surface area contributed by atoms with Crippen LogP contribution in [0.15, 0.2) is 18.3 Å². The Kier molecular flexibility index (Phi) is 4.61. The largest absolute Gasteiger partial charge is 0.477 e. The molecule has 9 heteroatoms. The zero-order valence-electron chi connectivity index (χ0n) is 11.0. The molecule has 0 radical (unpaired) electrons. The molecule has 1 fully saturated rings. The molecule has 1 saturated heterocycles. The Morgan fingerprint density at radius 1 is 1.48 bits per heavy atom. The predicted molar refractivity (Wildman–Crippen MR) is 67.0 cm³/mol. The van der Waals surface area contributed by atoms with Gasteiger partial charge in [-0.25, -0.2) is 4.98 Å². The third kappa shape index (κ3) is 4.85. The molecule has 2 rings (SSSR count). The van der Waals surface area contributed by atoms with Gasteiger partial charge in [0.1, 0.15) is 6.20 Å². The van der Waals surface area contributed by atoms with E-state index in [4.69, 9.17) is 4.74 Å². The van der Waals surface area contributed by atoms with Gasteiger partial charge in [-0.1, -0.05) is 0 Å². The maximum Gasteiger partial charge on any atom is 0.401 e. The van der Waals surface area contributed by atoms with E-state index in [9.17, 15) is 23.3 Å². The number of pyridine rings is 1. The molecule has 0 aliphatic carbocycles. The standard InChI is InChI=1S/C12H14F3N3O3/c13-12(14,15)8-17-4-3-9(6-17)7-21-11-2-1-10(5-16-11)18(19)20/h1-2,5,9H,3-4,6-8H2. The second kappa shape index (κ2) is 6.25. The Bertz CT molecular complexity index is 493. The summed E-state index contributed by atoms with van der Waals surface area (Å²) in [5.41, 5.74) is -0.139. The van der Waals surface area contributed by atoms with E-state index < -0.39 is 17.6 Å². The Morgan fingerprint density at radius 3 is 2.81 bits per heavy atom. The van der Waals surface area contributed by atoms with Crippen LogP contribution in [0.1, 0.15) is 6.42 Å². The maximum atomic E-state index is 12.3. The summed E-state index contributed by atoms with van der Waals surface area (Å²) in [5, 5.41) is 10.5. The molecule has 0 amide bonds. The first kappa shape index (κ1) is 15.5. The molecule has 0 saturated carbocycles. The van der Waals surface area contributed by atoms with Gasteiger partial charge in [-0.05, 0) is 13.0 Å². The first-order valence-electron chi connectivity index (χ1n) is 6.36. The highest BCUT2D eigenvalue weighted by Gasteiger charge is 2.34. The van der Waals surface area contributed by atoms with E-state index in [1.165, 1.54) is 17.0 Å². The van der Waals surface area contributed by atoms with Crippen LogP contribution in [0, 0.1) is 16.0 Å². The maximum absolute atomic E-state index is 12.3.